The Morgan fingerprint density at radius 1 is 1.17 bits per heavy atom. The molecule has 0 spiro atoms. The van der Waals surface area contributed by atoms with E-state index in [1.54, 1.807) is 23.0 Å². The van der Waals surface area contributed by atoms with Crippen molar-refractivity contribution >= 4 is 22.2 Å². The summed E-state index contributed by atoms with van der Waals surface area (Å²) in [4.78, 5) is 30.8. The van der Waals surface area contributed by atoms with E-state index in [1.165, 1.54) is 7.05 Å². The lowest BCUT2D eigenvalue weighted by atomic mass is 10.00. The Morgan fingerprint density at radius 2 is 1.90 bits per heavy atom. The minimum atomic E-state index is -0.359. The molecule has 1 N–H and O–H groups in total. The molecule has 8 heteroatoms. The van der Waals surface area contributed by atoms with Gasteiger partial charge in [0.15, 0.2) is 0 Å². The van der Waals surface area contributed by atoms with E-state index in [0.29, 0.717) is 17.3 Å². The molecule has 2 unspecified atom stereocenters. The Bertz CT molecular complexity index is 1390. The predicted octanol–water partition coefficient (Wildman–Crippen LogP) is 2.54. The maximum absolute atomic E-state index is 13.3. The predicted molar refractivity (Wildman–Crippen MR) is 117 cm³/mol. The molecule has 1 aliphatic rings. The second-order valence-corrected chi connectivity index (χ2v) is 8.74. The molecule has 1 aliphatic heterocycles. The number of aliphatic hydroxyl groups excluding tert-OH is 1. The van der Waals surface area contributed by atoms with Gasteiger partial charge in [0.2, 0.25) is 0 Å². The lowest BCUT2D eigenvalue weighted by molar-refractivity contribution is 0.232. The van der Waals surface area contributed by atoms with Gasteiger partial charge in [-0.1, -0.05) is 30.3 Å². The highest BCUT2D eigenvalue weighted by atomic mass is 32.1. The lowest BCUT2D eigenvalue weighted by Crippen LogP contribution is -2.37. The summed E-state index contributed by atoms with van der Waals surface area (Å²) in [7, 11) is 3.21. The van der Waals surface area contributed by atoms with Crippen LogP contribution in [0, 0.1) is 6.92 Å². The van der Waals surface area contributed by atoms with Crippen LogP contribution in [0.2, 0.25) is 0 Å². The minimum Gasteiger partial charge on any atom is -0.394 e. The van der Waals surface area contributed by atoms with Gasteiger partial charge < -0.3 is 9.67 Å². The van der Waals surface area contributed by atoms with Gasteiger partial charge in [-0.2, -0.15) is 0 Å². The van der Waals surface area contributed by atoms with Crippen LogP contribution in [0.4, 0.5) is 0 Å². The van der Waals surface area contributed by atoms with Crippen LogP contribution in [0.5, 0.6) is 0 Å². The number of aromatic nitrogens is 4. The van der Waals surface area contributed by atoms with Crippen LogP contribution >= 0.6 is 11.3 Å². The average Bonchev–Trinajstić information content (AvgIpc) is 3.44. The smallest absolute Gasteiger partial charge is 0.331 e. The maximum Gasteiger partial charge on any atom is 0.331 e. The maximum atomic E-state index is 13.3. The van der Waals surface area contributed by atoms with Crippen LogP contribution in [-0.4, -0.2) is 30.4 Å². The molecule has 1 aromatic carbocycles. The highest BCUT2D eigenvalue weighted by Gasteiger charge is 2.40. The molecule has 0 saturated carbocycles. The minimum absolute atomic E-state index is 0.0526. The lowest BCUT2D eigenvalue weighted by Gasteiger charge is -2.15. The summed E-state index contributed by atoms with van der Waals surface area (Å²) < 4.78 is 4.78. The van der Waals surface area contributed by atoms with E-state index in [2.05, 4.69) is 4.57 Å². The Kier molecular flexibility index (Phi) is 4.30. The number of hydrogen-bond acceptors (Lipinski definition) is 5. The molecule has 3 aromatic heterocycles. The number of benzene rings is 1. The number of thiazole rings is 1. The molecule has 0 aliphatic carbocycles. The summed E-state index contributed by atoms with van der Waals surface area (Å²) in [5.41, 5.74) is 3.43. The standard InChI is InChI=1S/C22H22N4O3S/c1-12-11-30-20(23-12)15-9-14(10-27)26-17(13-7-5-4-6-8-13)16-19(18(15)26)24(2)22(29)25(3)21(16)28/h4-8,11,14-15,27H,9-10H2,1-3H3. The van der Waals surface area contributed by atoms with E-state index in [1.807, 2.05) is 42.6 Å². The number of fused-ring (bicyclic) bond motifs is 3. The second kappa shape index (κ2) is 6.78. The highest BCUT2D eigenvalue weighted by molar-refractivity contribution is 7.09. The molecular formula is C22H22N4O3S. The first-order valence-corrected chi connectivity index (χ1v) is 10.7. The van der Waals surface area contributed by atoms with E-state index in [0.717, 1.165) is 32.2 Å². The third-order valence-electron chi connectivity index (χ3n) is 6.04. The van der Waals surface area contributed by atoms with Gasteiger partial charge in [0.1, 0.15) is 5.01 Å². The molecule has 4 aromatic rings. The van der Waals surface area contributed by atoms with Gasteiger partial charge in [0.05, 0.1) is 40.9 Å². The third kappa shape index (κ3) is 2.50. The fraction of sp³-hybridized carbons (Fsp3) is 0.318. The SMILES string of the molecule is Cc1csc(C2CC(CO)n3c(-c4ccccc4)c4c(=O)n(C)c(=O)n(C)c4c32)n1. The zero-order valence-corrected chi connectivity index (χ0v) is 17.8. The molecule has 7 nitrogen and oxygen atoms in total. The van der Waals surface area contributed by atoms with Crippen molar-refractivity contribution in [2.75, 3.05) is 6.61 Å². The molecule has 2 atom stereocenters. The number of hydrogen-bond donors (Lipinski definition) is 1. The van der Waals surface area contributed by atoms with Gasteiger partial charge in [-0.15, -0.1) is 11.3 Å². The number of rotatable bonds is 3. The Hall–Kier alpha value is -2.97. The van der Waals surface area contributed by atoms with Crippen molar-refractivity contribution in [3.8, 4) is 11.3 Å². The van der Waals surface area contributed by atoms with Crippen molar-refractivity contribution in [3.05, 3.63) is 72.9 Å². The highest BCUT2D eigenvalue weighted by Crippen LogP contribution is 2.48. The summed E-state index contributed by atoms with van der Waals surface area (Å²) in [6, 6.07) is 9.51. The van der Waals surface area contributed by atoms with Crippen molar-refractivity contribution in [2.24, 2.45) is 14.1 Å². The largest absolute Gasteiger partial charge is 0.394 e. The zero-order valence-electron chi connectivity index (χ0n) is 17.0. The summed E-state index contributed by atoms with van der Waals surface area (Å²) in [6.45, 7) is 1.90. The van der Waals surface area contributed by atoms with Gasteiger partial charge in [0.25, 0.3) is 5.56 Å². The van der Waals surface area contributed by atoms with E-state index < -0.39 is 0 Å². The molecule has 0 saturated heterocycles. The molecular weight excluding hydrogens is 400 g/mol. The third-order valence-corrected chi connectivity index (χ3v) is 7.12. The van der Waals surface area contributed by atoms with E-state index in [9.17, 15) is 14.7 Å². The van der Waals surface area contributed by atoms with E-state index in [-0.39, 0.29) is 29.8 Å². The van der Waals surface area contributed by atoms with Crippen LogP contribution in [-0.2, 0) is 14.1 Å². The zero-order chi connectivity index (χ0) is 21.2. The summed E-state index contributed by atoms with van der Waals surface area (Å²) in [5.74, 6) is -0.0847. The van der Waals surface area contributed by atoms with Crippen LogP contribution in [0.15, 0.2) is 45.3 Å². The van der Waals surface area contributed by atoms with Gasteiger partial charge in [-0.05, 0) is 18.9 Å². The van der Waals surface area contributed by atoms with Crippen LogP contribution in [0.3, 0.4) is 0 Å². The summed E-state index contributed by atoms with van der Waals surface area (Å²) in [5, 5.41) is 13.7. The number of aliphatic hydroxyl groups is 1. The molecule has 0 bridgehead atoms. The van der Waals surface area contributed by atoms with Gasteiger partial charge in [-0.25, -0.2) is 9.78 Å². The van der Waals surface area contributed by atoms with Crippen molar-refractivity contribution < 1.29 is 5.11 Å². The number of nitrogens with zero attached hydrogens (tertiary/aromatic N) is 4. The van der Waals surface area contributed by atoms with Crippen LogP contribution < -0.4 is 11.2 Å². The first-order chi connectivity index (χ1) is 14.4. The topological polar surface area (TPSA) is 82.0 Å². The van der Waals surface area contributed by atoms with Crippen molar-refractivity contribution in [2.45, 2.75) is 25.3 Å². The van der Waals surface area contributed by atoms with Gasteiger partial charge in [0, 0.05) is 25.2 Å². The fourth-order valence-corrected chi connectivity index (χ4v) is 5.61. The monoisotopic (exact) mass is 422 g/mol. The molecule has 4 heterocycles. The van der Waals surface area contributed by atoms with Gasteiger partial charge >= 0.3 is 5.69 Å². The fourth-order valence-electron chi connectivity index (χ4n) is 4.70. The second-order valence-electron chi connectivity index (χ2n) is 7.85. The average molecular weight is 423 g/mol. The Balaban J connectivity index is 1.99. The summed E-state index contributed by atoms with van der Waals surface area (Å²) >= 11 is 1.58. The van der Waals surface area contributed by atoms with Crippen LogP contribution in [0.25, 0.3) is 22.2 Å². The normalized spacial score (nSPS) is 18.3. The molecule has 5 rings (SSSR count). The van der Waals surface area contributed by atoms with E-state index >= 15 is 0 Å². The Labute approximate surface area is 176 Å². The number of aryl methyl sites for hydroxylation is 2. The summed E-state index contributed by atoms with van der Waals surface area (Å²) in [6.07, 6.45) is 0.679. The van der Waals surface area contributed by atoms with Crippen LogP contribution in [0.1, 0.15) is 34.8 Å². The Morgan fingerprint density at radius 3 is 2.53 bits per heavy atom. The molecule has 0 amide bonds. The molecule has 154 valence electrons. The first-order valence-electron chi connectivity index (χ1n) is 9.86. The van der Waals surface area contributed by atoms with Crippen molar-refractivity contribution in [3.63, 3.8) is 0 Å². The van der Waals surface area contributed by atoms with E-state index in [4.69, 9.17) is 4.98 Å². The first kappa shape index (κ1) is 19.0. The van der Waals surface area contributed by atoms with Crippen molar-refractivity contribution in [1.29, 1.82) is 0 Å². The quantitative estimate of drug-likeness (QED) is 0.550. The van der Waals surface area contributed by atoms with Crippen molar-refractivity contribution in [1.82, 2.24) is 18.7 Å². The van der Waals surface area contributed by atoms with Gasteiger partial charge in [-0.3, -0.25) is 13.9 Å². The molecule has 0 fully saturated rings. The molecule has 0 radical (unpaired) electrons. The molecule has 30 heavy (non-hydrogen) atoms.